The normalized spacial score (nSPS) is 10.4. The van der Waals surface area contributed by atoms with Crippen LogP contribution in [-0.4, -0.2) is 27.8 Å². The summed E-state index contributed by atoms with van der Waals surface area (Å²) in [6.07, 6.45) is 3.19. The Balaban J connectivity index is 2.13. The highest BCUT2D eigenvalue weighted by Crippen LogP contribution is 2.20. The minimum Gasteiger partial charge on any atom is -0.481 e. The number of pyridine rings is 1. The van der Waals surface area contributed by atoms with Gasteiger partial charge in [0.15, 0.2) is 0 Å². The lowest BCUT2D eigenvalue weighted by Crippen LogP contribution is -2.07. The van der Waals surface area contributed by atoms with Crippen LogP contribution in [0.5, 0.6) is 0 Å². The Bertz CT molecular complexity index is 480. The zero-order valence-electron chi connectivity index (χ0n) is 7.80. The summed E-state index contributed by atoms with van der Waals surface area (Å²) in [5.41, 5.74) is 1.22. The van der Waals surface area contributed by atoms with Gasteiger partial charge in [-0.25, -0.2) is 4.98 Å². The second kappa shape index (κ2) is 3.95. The van der Waals surface area contributed by atoms with Crippen molar-refractivity contribution in [3.63, 3.8) is 0 Å². The van der Waals surface area contributed by atoms with Crippen LogP contribution in [0, 0.1) is 0 Å². The fourth-order valence-electron chi connectivity index (χ4n) is 1.24. The van der Waals surface area contributed by atoms with E-state index in [1.54, 1.807) is 18.5 Å². The highest BCUT2D eigenvalue weighted by Gasteiger charge is 2.05. The first-order valence-corrected chi connectivity index (χ1v) is 4.42. The van der Waals surface area contributed by atoms with Gasteiger partial charge in [0, 0.05) is 12.7 Å². The fraction of sp³-hybridized carbons (Fsp3) is 0.222. The second-order valence-electron chi connectivity index (χ2n) is 2.97. The summed E-state index contributed by atoms with van der Waals surface area (Å²) in [6, 6.07) is 1.75. The summed E-state index contributed by atoms with van der Waals surface area (Å²) in [5, 5.41) is 15.8. The predicted octanol–water partition coefficient (Wildman–Crippen LogP) is 1.11. The number of fused-ring (bicyclic) bond motifs is 1. The maximum Gasteiger partial charge on any atom is 0.305 e. The molecular formula is C9H9N3O3. The standard InChI is InChI=1S/C9H9N3O3/c13-8(14)2-4-10-7-1-3-11-9-6(7)5-12-15-9/h1,3,5H,2,4H2,(H,10,11)(H,13,14). The quantitative estimate of drug-likeness (QED) is 0.780. The Labute approximate surface area is 84.9 Å². The molecule has 2 aromatic heterocycles. The van der Waals surface area contributed by atoms with Gasteiger partial charge in [0.05, 0.1) is 23.7 Å². The summed E-state index contributed by atoms with van der Waals surface area (Å²) >= 11 is 0. The van der Waals surface area contributed by atoms with Gasteiger partial charge in [-0.05, 0) is 6.07 Å². The number of aliphatic carboxylic acids is 1. The largest absolute Gasteiger partial charge is 0.481 e. The number of carboxylic acids is 1. The van der Waals surface area contributed by atoms with Crippen LogP contribution in [0.2, 0.25) is 0 Å². The minimum atomic E-state index is -0.835. The van der Waals surface area contributed by atoms with E-state index in [-0.39, 0.29) is 6.42 Å². The van der Waals surface area contributed by atoms with Crippen molar-refractivity contribution in [2.45, 2.75) is 6.42 Å². The molecule has 0 unspecified atom stereocenters. The van der Waals surface area contributed by atoms with Crippen molar-refractivity contribution < 1.29 is 14.4 Å². The summed E-state index contributed by atoms with van der Waals surface area (Å²) in [6.45, 7) is 0.361. The van der Waals surface area contributed by atoms with Gasteiger partial charge in [-0.1, -0.05) is 5.16 Å². The maximum atomic E-state index is 10.3. The van der Waals surface area contributed by atoms with Crippen LogP contribution in [0.1, 0.15) is 6.42 Å². The van der Waals surface area contributed by atoms with Crippen molar-refractivity contribution in [3.05, 3.63) is 18.5 Å². The molecule has 0 spiro atoms. The number of carboxylic acid groups (broad SMARTS) is 1. The van der Waals surface area contributed by atoms with Crippen LogP contribution in [-0.2, 0) is 4.79 Å². The monoisotopic (exact) mass is 207 g/mol. The molecule has 0 aliphatic rings. The number of hydrogen-bond donors (Lipinski definition) is 2. The van der Waals surface area contributed by atoms with E-state index in [0.717, 1.165) is 11.1 Å². The molecule has 15 heavy (non-hydrogen) atoms. The van der Waals surface area contributed by atoms with Crippen LogP contribution < -0.4 is 5.32 Å². The first-order chi connectivity index (χ1) is 7.27. The Kier molecular flexibility index (Phi) is 2.49. The molecule has 0 fully saturated rings. The van der Waals surface area contributed by atoms with Gasteiger partial charge in [-0.15, -0.1) is 0 Å². The Morgan fingerprint density at radius 2 is 2.47 bits per heavy atom. The molecule has 6 nitrogen and oxygen atoms in total. The van der Waals surface area contributed by atoms with Crippen molar-refractivity contribution in [3.8, 4) is 0 Å². The van der Waals surface area contributed by atoms with Gasteiger partial charge >= 0.3 is 5.97 Å². The molecule has 2 rings (SSSR count). The van der Waals surface area contributed by atoms with Crippen LogP contribution in [0.4, 0.5) is 5.69 Å². The van der Waals surface area contributed by atoms with E-state index in [1.165, 1.54) is 0 Å². The molecule has 0 aromatic carbocycles. The molecule has 2 heterocycles. The molecule has 0 radical (unpaired) electrons. The molecule has 0 saturated carbocycles. The molecule has 0 amide bonds. The van der Waals surface area contributed by atoms with Gasteiger partial charge in [-0.2, -0.15) is 0 Å². The van der Waals surface area contributed by atoms with Crippen molar-refractivity contribution >= 4 is 22.8 Å². The summed E-state index contributed by atoms with van der Waals surface area (Å²) in [7, 11) is 0. The summed E-state index contributed by atoms with van der Waals surface area (Å²) in [4.78, 5) is 14.3. The topological polar surface area (TPSA) is 88.2 Å². The lowest BCUT2D eigenvalue weighted by Gasteiger charge is -2.03. The SMILES string of the molecule is O=C(O)CCNc1ccnc2oncc12. The number of carbonyl (C=O) groups is 1. The zero-order chi connectivity index (χ0) is 10.7. The first kappa shape index (κ1) is 9.45. The number of rotatable bonds is 4. The third-order valence-electron chi connectivity index (χ3n) is 1.93. The molecule has 2 aromatic rings. The van der Waals surface area contributed by atoms with E-state index in [4.69, 9.17) is 9.63 Å². The van der Waals surface area contributed by atoms with Crippen LogP contribution in [0.3, 0.4) is 0 Å². The number of nitrogens with one attached hydrogen (secondary N) is 1. The molecular weight excluding hydrogens is 198 g/mol. The van der Waals surface area contributed by atoms with Crippen molar-refractivity contribution in [1.82, 2.24) is 10.1 Å². The Hall–Kier alpha value is -2.11. The number of nitrogens with zero attached hydrogens (tertiary/aromatic N) is 2. The molecule has 0 atom stereocenters. The predicted molar refractivity (Wildman–Crippen MR) is 52.5 cm³/mol. The smallest absolute Gasteiger partial charge is 0.305 e. The average molecular weight is 207 g/mol. The van der Waals surface area contributed by atoms with Gasteiger partial charge in [0.25, 0.3) is 5.71 Å². The third kappa shape index (κ3) is 2.04. The Morgan fingerprint density at radius 3 is 3.27 bits per heavy atom. The summed E-state index contributed by atoms with van der Waals surface area (Å²) in [5.74, 6) is -0.835. The Morgan fingerprint density at radius 1 is 1.60 bits per heavy atom. The van der Waals surface area contributed by atoms with E-state index >= 15 is 0 Å². The molecule has 0 aliphatic carbocycles. The van der Waals surface area contributed by atoms with Gasteiger partial charge in [-0.3, -0.25) is 4.79 Å². The maximum absolute atomic E-state index is 10.3. The van der Waals surface area contributed by atoms with Crippen LogP contribution in [0.25, 0.3) is 11.1 Å². The third-order valence-corrected chi connectivity index (χ3v) is 1.93. The zero-order valence-corrected chi connectivity index (χ0v) is 7.80. The molecule has 78 valence electrons. The number of aromatic nitrogens is 2. The van der Waals surface area contributed by atoms with E-state index in [1.807, 2.05) is 0 Å². The second-order valence-corrected chi connectivity index (χ2v) is 2.97. The van der Waals surface area contributed by atoms with Gasteiger partial charge in [0.1, 0.15) is 0 Å². The van der Waals surface area contributed by atoms with Crippen LogP contribution in [0.15, 0.2) is 23.0 Å². The highest BCUT2D eigenvalue weighted by molar-refractivity contribution is 5.86. The highest BCUT2D eigenvalue weighted by atomic mass is 16.5. The van der Waals surface area contributed by atoms with E-state index < -0.39 is 5.97 Å². The molecule has 2 N–H and O–H groups in total. The first-order valence-electron chi connectivity index (χ1n) is 4.42. The fourth-order valence-corrected chi connectivity index (χ4v) is 1.24. The average Bonchev–Trinajstić information content (AvgIpc) is 2.65. The summed E-state index contributed by atoms with van der Waals surface area (Å²) < 4.78 is 4.87. The molecule has 6 heteroatoms. The van der Waals surface area contributed by atoms with Crippen molar-refractivity contribution in [2.75, 3.05) is 11.9 Å². The number of hydrogen-bond acceptors (Lipinski definition) is 5. The lowest BCUT2D eigenvalue weighted by atomic mass is 10.3. The van der Waals surface area contributed by atoms with E-state index in [9.17, 15) is 4.79 Å². The van der Waals surface area contributed by atoms with Crippen molar-refractivity contribution in [1.29, 1.82) is 0 Å². The van der Waals surface area contributed by atoms with E-state index in [0.29, 0.717) is 12.3 Å². The number of anilines is 1. The van der Waals surface area contributed by atoms with E-state index in [2.05, 4.69) is 15.5 Å². The lowest BCUT2D eigenvalue weighted by molar-refractivity contribution is -0.136. The molecule has 0 bridgehead atoms. The van der Waals surface area contributed by atoms with Gasteiger partial charge in [0.2, 0.25) is 0 Å². The molecule has 0 aliphatic heterocycles. The van der Waals surface area contributed by atoms with Crippen molar-refractivity contribution in [2.24, 2.45) is 0 Å². The minimum absolute atomic E-state index is 0.0646. The van der Waals surface area contributed by atoms with Gasteiger partial charge < -0.3 is 14.9 Å². The molecule has 0 saturated heterocycles. The van der Waals surface area contributed by atoms with Crippen LogP contribution >= 0.6 is 0 Å².